The topological polar surface area (TPSA) is 47.0 Å². The van der Waals surface area contributed by atoms with Gasteiger partial charge in [-0.25, -0.2) is 8.42 Å². The van der Waals surface area contributed by atoms with E-state index in [1.807, 2.05) is 0 Å². The Bertz CT molecular complexity index is 727. The Hall–Kier alpha value is -1.36. The predicted molar refractivity (Wildman–Crippen MR) is 76.9 cm³/mol. The molecule has 0 saturated heterocycles. The first-order valence-electron chi connectivity index (χ1n) is 5.28. The predicted octanol–water partition coefficient (Wildman–Crippen LogP) is 3.83. The number of benzene rings is 1. The van der Waals surface area contributed by atoms with Crippen molar-refractivity contribution in [1.82, 2.24) is 4.98 Å². The van der Waals surface area contributed by atoms with E-state index in [0.29, 0.717) is 15.7 Å². The van der Waals surface area contributed by atoms with Gasteiger partial charge >= 0.3 is 0 Å². The number of hydrogen-bond donors (Lipinski definition) is 0. The van der Waals surface area contributed by atoms with Crippen LogP contribution in [0.1, 0.15) is 5.69 Å². The van der Waals surface area contributed by atoms with Crippen LogP contribution in [0.25, 0.3) is 6.08 Å². The SMILES string of the molecule is O=S(=O)(C=Cc1ncccc1Cl)c1cccc(Cl)c1. The van der Waals surface area contributed by atoms with Gasteiger partial charge in [0.05, 0.1) is 15.6 Å². The second-order valence-electron chi connectivity index (χ2n) is 3.68. The molecule has 1 heterocycles. The summed E-state index contributed by atoms with van der Waals surface area (Å²) in [6.45, 7) is 0. The van der Waals surface area contributed by atoms with E-state index in [4.69, 9.17) is 23.2 Å². The van der Waals surface area contributed by atoms with Crippen LogP contribution in [-0.4, -0.2) is 13.4 Å². The molecule has 0 N–H and O–H groups in total. The van der Waals surface area contributed by atoms with Gasteiger partial charge in [-0.3, -0.25) is 4.98 Å². The lowest BCUT2D eigenvalue weighted by Gasteiger charge is -2.00. The summed E-state index contributed by atoms with van der Waals surface area (Å²) in [7, 11) is -3.56. The third-order valence-corrected chi connectivity index (χ3v) is 4.28. The molecule has 0 saturated carbocycles. The second-order valence-corrected chi connectivity index (χ2v) is 6.35. The van der Waals surface area contributed by atoms with Crippen molar-refractivity contribution in [2.45, 2.75) is 4.90 Å². The summed E-state index contributed by atoms with van der Waals surface area (Å²) >= 11 is 11.7. The molecule has 6 heteroatoms. The summed E-state index contributed by atoms with van der Waals surface area (Å²) in [5, 5.41) is 1.82. The zero-order chi connectivity index (χ0) is 13.9. The van der Waals surface area contributed by atoms with Gasteiger partial charge in [-0.2, -0.15) is 0 Å². The molecule has 3 nitrogen and oxygen atoms in total. The average Bonchev–Trinajstić information content (AvgIpc) is 2.38. The highest BCUT2D eigenvalue weighted by Crippen LogP contribution is 2.19. The summed E-state index contributed by atoms with van der Waals surface area (Å²) in [6.07, 6.45) is 2.90. The molecule has 0 aliphatic carbocycles. The van der Waals surface area contributed by atoms with Gasteiger partial charge in [0, 0.05) is 16.6 Å². The molecule has 1 aromatic carbocycles. The lowest BCUT2D eigenvalue weighted by Crippen LogP contribution is -1.96. The van der Waals surface area contributed by atoms with Crippen LogP contribution >= 0.6 is 23.2 Å². The molecule has 0 unspecified atom stereocenters. The first-order valence-corrected chi connectivity index (χ1v) is 7.58. The Kier molecular flexibility index (Phi) is 4.24. The minimum absolute atomic E-state index is 0.128. The zero-order valence-electron chi connectivity index (χ0n) is 9.62. The van der Waals surface area contributed by atoms with Crippen molar-refractivity contribution in [2.75, 3.05) is 0 Å². The average molecular weight is 314 g/mol. The van der Waals surface area contributed by atoms with Gasteiger partial charge in [0.15, 0.2) is 9.84 Å². The smallest absolute Gasteiger partial charge is 0.199 e. The van der Waals surface area contributed by atoms with Crippen LogP contribution in [0.15, 0.2) is 52.9 Å². The minimum Gasteiger partial charge on any atom is -0.255 e. The van der Waals surface area contributed by atoms with Crippen molar-refractivity contribution in [3.63, 3.8) is 0 Å². The third-order valence-electron chi connectivity index (χ3n) is 2.32. The molecule has 19 heavy (non-hydrogen) atoms. The van der Waals surface area contributed by atoms with Crippen LogP contribution in [0, 0.1) is 0 Å². The number of halogens is 2. The maximum Gasteiger partial charge on any atom is 0.199 e. The Balaban J connectivity index is 2.35. The molecular formula is C13H9Cl2NO2S. The van der Waals surface area contributed by atoms with Gasteiger partial charge in [0.25, 0.3) is 0 Å². The highest BCUT2D eigenvalue weighted by atomic mass is 35.5. The number of sulfone groups is 1. The second kappa shape index (κ2) is 5.74. The molecule has 0 amide bonds. The van der Waals surface area contributed by atoms with Crippen molar-refractivity contribution in [1.29, 1.82) is 0 Å². The Morgan fingerprint density at radius 1 is 1.11 bits per heavy atom. The van der Waals surface area contributed by atoms with E-state index >= 15 is 0 Å². The van der Waals surface area contributed by atoms with Crippen LogP contribution in [0.3, 0.4) is 0 Å². The van der Waals surface area contributed by atoms with Gasteiger partial charge in [0.1, 0.15) is 0 Å². The molecule has 0 fully saturated rings. The van der Waals surface area contributed by atoms with E-state index in [2.05, 4.69) is 4.98 Å². The van der Waals surface area contributed by atoms with Crippen molar-refractivity contribution < 1.29 is 8.42 Å². The van der Waals surface area contributed by atoms with E-state index in [9.17, 15) is 8.42 Å². The van der Waals surface area contributed by atoms with E-state index < -0.39 is 9.84 Å². The Morgan fingerprint density at radius 2 is 1.89 bits per heavy atom. The normalized spacial score (nSPS) is 11.9. The fraction of sp³-hybridized carbons (Fsp3) is 0. The van der Waals surface area contributed by atoms with Crippen LogP contribution in [0.5, 0.6) is 0 Å². The first-order chi connectivity index (χ1) is 8.99. The maximum absolute atomic E-state index is 12.1. The van der Waals surface area contributed by atoms with Crippen molar-refractivity contribution >= 4 is 39.1 Å². The molecule has 2 aromatic rings. The van der Waals surface area contributed by atoms with Gasteiger partial charge in [0.2, 0.25) is 0 Å². The van der Waals surface area contributed by atoms with Crippen LogP contribution < -0.4 is 0 Å². The van der Waals surface area contributed by atoms with E-state index in [1.54, 1.807) is 24.3 Å². The molecule has 0 atom stereocenters. The molecule has 1 aromatic heterocycles. The molecular weight excluding hydrogens is 305 g/mol. The lowest BCUT2D eigenvalue weighted by molar-refractivity contribution is 0.605. The zero-order valence-corrected chi connectivity index (χ0v) is 12.0. The maximum atomic E-state index is 12.1. The molecule has 0 bridgehead atoms. The van der Waals surface area contributed by atoms with E-state index in [-0.39, 0.29) is 4.90 Å². The highest BCUT2D eigenvalue weighted by molar-refractivity contribution is 7.94. The summed E-state index contributed by atoms with van der Waals surface area (Å²) in [5.74, 6) is 0. The Labute approximate surface area is 121 Å². The van der Waals surface area contributed by atoms with Crippen molar-refractivity contribution in [3.8, 4) is 0 Å². The molecule has 2 rings (SSSR count). The summed E-state index contributed by atoms with van der Waals surface area (Å²) in [5.41, 5.74) is 0.398. The third kappa shape index (κ3) is 3.56. The fourth-order valence-corrected chi connectivity index (χ4v) is 2.86. The summed E-state index contributed by atoms with van der Waals surface area (Å²) in [6, 6.07) is 9.37. The quantitative estimate of drug-likeness (QED) is 0.865. The highest BCUT2D eigenvalue weighted by Gasteiger charge is 2.10. The number of rotatable bonds is 3. The van der Waals surface area contributed by atoms with Crippen molar-refractivity contribution in [3.05, 3.63) is 63.7 Å². The number of pyridine rings is 1. The molecule has 0 aliphatic rings. The Morgan fingerprint density at radius 3 is 2.58 bits per heavy atom. The minimum atomic E-state index is -3.56. The molecule has 0 aliphatic heterocycles. The number of nitrogens with zero attached hydrogens (tertiary/aromatic N) is 1. The van der Waals surface area contributed by atoms with Crippen molar-refractivity contribution in [2.24, 2.45) is 0 Å². The fourth-order valence-electron chi connectivity index (χ4n) is 1.40. The van der Waals surface area contributed by atoms with Crippen LogP contribution in [0.4, 0.5) is 0 Å². The van der Waals surface area contributed by atoms with Gasteiger partial charge < -0.3 is 0 Å². The lowest BCUT2D eigenvalue weighted by atomic mass is 10.3. The summed E-state index contributed by atoms with van der Waals surface area (Å²) < 4.78 is 24.1. The molecule has 98 valence electrons. The first kappa shape index (κ1) is 14.1. The van der Waals surface area contributed by atoms with Gasteiger partial charge in [-0.05, 0) is 36.4 Å². The monoisotopic (exact) mass is 313 g/mol. The summed E-state index contributed by atoms with van der Waals surface area (Å²) in [4.78, 5) is 4.11. The standard InChI is InChI=1S/C13H9Cl2NO2S/c14-10-3-1-4-11(9-10)19(17,18)8-6-13-12(15)5-2-7-16-13/h1-9H. The van der Waals surface area contributed by atoms with E-state index in [0.717, 1.165) is 5.41 Å². The number of hydrogen-bond acceptors (Lipinski definition) is 3. The van der Waals surface area contributed by atoms with Gasteiger partial charge in [-0.1, -0.05) is 29.3 Å². The van der Waals surface area contributed by atoms with Gasteiger partial charge in [-0.15, -0.1) is 0 Å². The number of aromatic nitrogens is 1. The van der Waals surface area contributed by atoms with E-state index in [1.165, 1.54) is 24.4 Å². The largest absolute Gasteiger partial charge is 0.255 e. The van der Waals surface area contributed by atoms with Crippen LogP contribution in [-0.2, 0) is 9.84 Å². The molecule has 0 radical (unpaired) electrons. The van der Waals surface area contributed by atoms with Crippen LogP contribution in [0.2, 0.25) is 10.0 Å². The molecule has 0 spiro atoms.